The maximum Gasteiger partial charge on any atom is 0.228 e. The number of terminal acetylenes is 1. The summed E-state index contributed by atoms with van der Waals surface area (Å²) in [5, 5.41) is 0. The van der Waals surface area contributed by atoms with E-state index in [1.807, 2.05) is 30.3 Å². The van der Waals surface area contributed by atoms with Gasteiger partial charge in [-0.3, -0.25) is 4.79 Å². The number of nitrogens with zero attached hydrogens (tertiary/aromatic N) is 3. The molecule has 0 unspecified atom stereocenters. The molecule has 4 rings (SSSR count). The highest BCUT2D eigenvalue weighted by molar-refractivity contribution is 5.97. The fourth-order valence-corrected chi connectivity index (χ4v) is 3.59. The molecule has 2 aromatic heterocycles. The van der Waals surface area contributed by atoms with Crippen molar-refractivity contribution in [1.82, 2.24) is 9.38 Å². The van der Waals surface area contributed by atoms with Crippen molar-refractivity contribution >= 4 is 29.6 Å². The minimum Gasteiger partial charge on any atom is -0.412 e. The van der Waals surface area contributed by atoms with Gasteiger partial charge >= 0.3 is 0 Å². The van der Waals surface area contributed by atoms with E-state index >= 15 is 0 Å². The summed E-state index contributed by atoms with van der Waals surface area (Å²) in [4.78, 5) is 18.7. The summed E-state index contributed by atoms with van der Waals surface area (Å²) < 4.78 is 2.14. The number of aromatic nitrogens is 2. The van der Waals surface area contributed by atoms with Crippen LogP contribution in [0, 0.1) is 12.3 Å². The Labute approximate surface area is 164 Å². The zero-order valence-electron chi connectivity index (χ0n) is 15.1. The molecule has 3 aromatic rings. The molecule has 1 amide bonds. The number of carbonyl (C=O) groups is 1. The van der Waals surface area contributed by atoms with E-state index in [0.29, 0.717) is 13.0 Å². The Morgan fingerprint density at radius 1 is 1.22 bits per heavy atom. The molecule has 0 atom stereocenters. The Morgan fingerprint density at radius 3 is 2.78 bits per heavy atom. The third-order valence-corrected chi connectivity index (χ3v) is 4.77. The van der Waals surface area contributed by atoms with Crippen molar-refractivity contribution in [1.29, 1.82) is 0 Å². The van der Waals surface area contributed by atoms with Crippen LogP contribution in [0.3, 0.4) is 0 Å². The maximum atomic E-state index is 12.1. The van der Waals surface area contributed by atoms with Gasteiger partial charge in [0, 0.05) is 23.9 Å². The maximum absolute atomic E-state index is 12.1. The zero-order chi connectivity index (χ0) is 17.4. The first-order valence-corrected chi connectivity index (χ1v) is 8.56. The van der Waals surface area contributed by atoms with E-state index in [2.05, 4.69) is 29.5 Å². The van der Waals surface area contributed by atoms with Crippen LogP contribution in [0.25, 0.3) is 16.9 Å². The largest absolute Gasteiger partial charge is 0.412 e. The smallest absolute Gasteiger partial charge is 0.228 e. The van der Waals surface area contributed by atoms with Gasteiger partial charge in [-0.25, -0.2) is 4.98 Å². The lowest BCUT2D eigenvalue weighted by atomic mass is 9.97. The van der Waals surface area contributed by atoms with Crippen LogP contribution < -0.4 is 4.90 Å². The summed E-state index contributed by atoms with van der Waals surface area (Å²) in [6.07, 6.45) is 9.63. The molecule has 27 heavy (non-hydrogen) atoms. The van der Waals surface area contributed by atoms with Crippen molar-refractivity contribution in [2.24, 2.45) is 0 Å². The molecule has 0 bridgehead atoms. The number of hydrogen-bond acceptors (Lipinski definition) is 2. The summed E-state index contributed by atoms with van der Waals surface area (Å²) in [6.45, 7) is 2.46. The predicted molar refractivity (Wildman–Crippen MR) is 110 cm³/mol. The fourth-order valence-electron chi connectivity index (χ4n) is 3.59. The summed E-state index contributed by atoms with van der Waals surface area (Å²) >= 11 is 0. The highest BCUT2D eigenvalue weighted by Gasteiger charge is 2.24. The lowest BCUT2D eigenvalue weighted by molar-refractivity contribution is -0.118. The second kappa shape index (κ2) is 8.26. The average molecular weight is 384 g/mol. The number of aryl methyl sites for hydroxylation is 2. The van der Waals surface area contributed by atoms with Crippen LogP contribution >= 0.6 is 12.4 Å². The monoisotopic (exact) mass is 383 g/mol. The third-order valence-electron chi connectivity index (χ3n) is 4.77. The highest BCUT2D eigenvalue weighted by Crippen LogP contribution is 2.33. The van der Waals surface area contributed by atoms with Gasteiger partial charge in [0.15, 0.2) is 0 Å². The van der Waals surface area contributed by atoms with E-state index in [9.17, 15) is 4.79 Å². The molecular weight excluding hydrogens is 362 g/mol. The first kappa shape index (κ1) is 20.5. The number of anilines is 1. The van der Waals surface area contributed by atoms with Gasteiger partial charge < -0.3 is 14.8 Å². The van der Waals surface area contributed by atoms with E-state index < -0.39 is 0 Å². The molecule has 0 spiro atoms. The van der Waals surface area contributed by atoms with Gasteiger partial charge in [0.2, 0.25) is 5.91 Å². The number of fused-ring (bicyclic) bond motifs is 2. The van der Waals surface area contributed by atoms with Crippen molar-refractivity contribution in [3.63, 3.8) is 0 Å². The molecule has 0 aliphatic carbocycles. The molecule has 0 saturated carbocycles. The van der Waals surface area contributed by atoms with Gasteiger partial charge in [0.1, 0.15) is 5.65 Å². The molecule has 0 fully saturated rings. The van der Waals surface area contributed by atoms with Crippen molar-refractivity contribution < 1.29 is 10.3 Å². The molecule has 5 nitrogen and oxygen atoms in total. The molecule has 3 heterocycles. The number of imidazole rings is 1. The summed E-state index contributed by atoms with van der Waals surface area (Å²) in [7, 11) is 0. The summed E-state index contributed by atoms with van der Waals surface area (Å²) in [5.74, 6) is 2.68. The molecule has 6 heteroatoms. The summed E-state index contributed by atoms with van der Waals surface area (Å²) in [6, 6.07) is 12.3. The molecule has 0 radical (unpaired) electrons. The highest BCUT2D eigenvalue weighted by atomic mass is 35.5. The topological polar surface area (TPSA) is 69.1 Å². The Morgan fingerprint density at radius 2 is 2.04 bits per heavy atom. The van der Waals surface area contributed by atoms with Gasteiger partial charge in [-0.05, 0) is 42.7 Å². The van der Waals surface area contributed by atoms with Gasteiger partial charge in [-0.15, -0.1) is 18.8 Å². The number of hydrogen-bond donors (Lipinski definition) is 0. The Kier molecular flexibility index (Phi) is 6.27. The van der Waals surface area contributed by atoms with Crippen molar-refractivity contribution in [2.45, 2.75) is 26.2 Å². The first-order chi connectivity index (χ1) is 12.2. The number of rotatable bonds is 3. The van der Waals surface area contributed by atoms with Crippen LogP contribution in [0.2, 0.25) is 0 Å². The Bertz CT molecular complexity index is 1020. The van der Waals surface area contributed by atoms with Crippen molar-refractivity contribution in [3.05, 3.63) is 53.9 Å². The second-order valence-electron chi connectivity index (χ2n) is 6.22. The fraction of sp³-hybridized carbons (Fsp3) is 0.238. The first-order valence-electron chi connectivity index (χ1n) is 8.56. The molecule has 140 valence electrons. The molecule has 1 aliphatic rings. The van der Waals surface area contributed by atoms with Crippen LogP contribution in [0.5, 0.6) is 0 Å². The van der Waals surface area contributed by atoms with Gasteiger partial charge in [-0.2, -0.15) is 0 Å². The SMILES string of the molecule is C#CCN1C(=O)CCc2cc(-c3nc4ccccn4c3CC)ccc21.Cl.O. The van der Waals surface area contributed by atoms with Crippen molar-refractivity contribution in [3.8, 4) is 23.6 Å². The van der Waals surface area contributed by atoms with Crippen LogP contribution in [-0.2, 0) is 17.6 Å². The predicted octanol–water partition coefficient (Wildman–Crippen LogP) is 3.07. The van der Waals surface area contributed by atoms with Crippen LogP contribution in [-0.4, -0.2) is 27.3 Å². The van der Waals surface area contributed by atoms with Gasteiger partial charge in [0.05, 0.1) is 17.9 Å². The quantitative estimate of drug-likeness (QED) is 0.652. The number of pyridine rings is 1. The number of amides is 1. The third kappa shape index (κ3) is 3.42. The van der Waals surface area contributed by atoms with E-state index in [1.54, 1.807) is 4.90 Å². The van der Waals surface area contributed by atoms with Crippen LogP contribution in [0.4, 0.5) is 5.69 Å². The molecule has 1 aromatic carbocycles. The van der Waals surface area contributed by atoms with Gasteiger partial charge in [0.25, 0.3) is 0 Å². The Balaban J connectivity index is 0.00000131. The lowest BCUT2D eigenvalue weighted by Gasteiger charge is -2.28. The minimum absolute atomic E-state index is 0. The second-order valence-corrected chi connectivity index (χ2v) is 6.22. The molecule has 0 saturated heterocycles. The molecule has 2 N–H and O–H groups in total. The van der Waals surface area contributed by atoms with Crippen molar-refractivity contribution in [2.75, 3.05) is 11.4 Å². The zero-order valence-corrected chi connectivity index (χ0v) is 15.9. The molecule has 1 aliphatic heterocycles. The number of benzene rings is 1. The van der Waals surface area contributed by atoms with Gasteiger partial charge in [-0.1, -0.05) is 25.0 Å². The van der Waals surface area contributed by atoms with E-state index in [4.69, 9.17) is 11.4 Å². The number of carbonyl (C=O) groups excluding carboxylic acids is 1. The summed E-state index contributed by atoms with van der Waals surface area (Å²) in [5.41, 5.74) is 6.34. The van der Waals surface area contributed by atoms with E-state index in [0.717, 1.165) is 41.0 Å². The molecular formula is C21H22ClN3O2. The minimum atomic E-state index is 0. The standard InChI is InChI=1S/C21H19N3O.ClH.H2O/c1-3-12-24-18-10-8-16(14-15(18)9-11-20(24)25)21-17(4-2)23-13-6-5-7-19(23)22-21;;/h1,5-8,10,13-14H,4,9,11-12H2,2H3;1H;1H2. The Hall–Kier alpha value is -2.81. The lowest BCUT2D eigenvalue weighted by Crippen LogP contribution is -2.35. The van der Waals surface area contributed by atoms with E-state index in [-0.39, 0.29) is 23.8 Å². The van der Waals surface area contributed by atoms with E-state index in [1.165, 1.54) is 5.69 Å². The number of halogens is 1. The van der Waals surface area contributed by atoms with Crippen LogP contribution in [0.1, 0.15) is 24.6 Å². The van der Waals surface area contributed by atoms with Crippen LogP contribution in [0.15, 0.2) is 42.6 Å². The average Bonchev–Trinajstić information content (AvgIpc) is 3.02. The normalized spacial score (nSPS) is 12.7.